The zero-order chi connectivity index (χ0) is 11.6. The summed E-state index contributed by atoms with van der Waals surface area (Å²) in [6, 6.07) is 4.25. The Bertz CT molecular complexity index is 411. The fourth-order valence-electron chi connectivity index (χ4n) is 2.74. The molecule has 0 aliphatic heterocycles. The van der Waals surface area contributed by atoms with Crippen molar-refractivity contribution < 1.29 is 5.11 Å². The molecule has 1 nitrogen and oxygen atoms in total. The van der Waals surface area contributed by atoms with Gasteiger partial charge in [0.05, 0.1) is 0 Å². The number of rotatable bonds is 2. The molecule has 0 aromatic heterocycles. The van der Waals surface area contributed by atoms with E-state index in [-0.39, 0.29) is 5.41 Å². The van der Waals surface area contributed by atoms with E-state index in [0.717, 1.165) is 0 Å². The zero-order valence-corrected chi connectivity index (χ0v) is 10.4. The van der Waals surface area contributed by atoms with Gasteiger partial charge in [-0.1, -0.05) is 19.9 Å². The summed E-state index contributed by atoms with van der Waals surface area (Å²) < 4.78 is 0. The van der Waals surface area contributed by atoms with Crippen molar-refractivity contribution in [2.45, 2.75) is 57.3 Å². The van der Waals surface area contributed by atoms with E-state index >= 15 is 0 Å². The van der Waals surface area contributed by atoms with E-state index in [0.29, 0.717) is 11.2 Å². The smallest absolute Gasteiger partial charge is 0.119 e. The van der Waals surface area contributed by atoms with Gasteiger partial charge in [0.15, 0.2) is 0 Å². The van der Waals surface area contributed by atoms with Crippen LogP contribution in [0.25, 0.3) is 0 Å². The second kappa shape index (κ2) is 2.82. The van der Waals surface area contributed by atoms with E-state index in [1.165, 1.54) is 42.4 Å². The van der Waals surface area contributed by atoms with Crippen molar-refractivity contribution in [2.75, 3.05) is 0 Å². The molecule has 0 bridgehead atoms. The Morgan fingerprint density at radius 3 is 1.94 bits per heavy atom. The lowest BCUT2D eigenvalue weighted by molar-refractivity contribution is 0.460. The van der Waals surface area contributed by atoms with Gasteiger partial charge in [-0.25, -0.2) is 0 Å². The fourth-order valence-corrected chi connectivity index (χ4v) is 2.74. The van der Waals surface area contributed by atoms with Gasteiger partial charge in [0, 0.05) is 5.56 Å². The SMILES string of the molecule is Cc1cc(O)c(C2(C)CC2)cc1C1(C)CC1. The van der Waals surface area contributed by atoms with Crippen molar-refractivity contribution in [3.05, 3.63) is 28.8 Å². The second-order valence-corrected chi connectivity index (χ2v) is 6.31. The molecule has 2 aliphatic carbocycles. The van der Waals surface area contributed by atoms with Crippen LogP contribution in [0.1, 0.15) is 56.2 Å². The quantitative estimate of drug-likeness (QED) is 0.797. The molecule has 0 saturated heterocycles. The molecule has 0 amide bonds. The standard InChI is InChI=1S/C15H20O/c1-10-8-13(16)12(15(3)6-7-15)9-11(10)14(2)4-5-14/h8-9,16H,4-7H2,1-3H3. The molecule has 1 aromatic rings. The molecule has 3 rings (SSSR count). The van der Waals surface area contributed by atoms with Crippen LogP contribution in [0.15, 0.2) is 12.1 Å². The highest BCUT2D eigenvalue weighted by Crippen LogP contribution is 2.54. The van der Waals surface area contributed by atoms with E-state index in [9.17, 15) is 5.11 Å². The van der Waals surface area contributed by atoms with Crippen molar-refractivity contribution in [2.24, 2.45) is 0 Å². The Morgan fingerprint density at radius 1 is 0.938 bits per heavy atom. The molecular weight excluding hydrogens is 196 g/mol. The molecular formula is C15H20O. The largest absolute Gasteiger partial charge is 0.508 e. The molecule has 86 valence electrons. The predicted octanol–water partition coefficient (Wildman–Crippen LogP) is 3.80. The number of aromatic hydroxyl groups is 1. The molecule has 2 saturated carbocycles. The minimum absolute atomic E-state index is 0.262. The molecule has 0 heterocycles. The summed E-state index contributed by atoms with van der Waals surface area (Å²) in [5, 5.41) is 10.1. The minimum Gasteiger partial charge on any atom is -0.508 e. The number of hydrogen-bond acceptors (Lipinski definition) is 1. The normalized spacial score (nSPS) is 24.2. The summed E-state index contributed by atoms with van der Waals surface area (Å²) in [5.41, 5.74) is 4.57. The zero-order valence-electron chi connectivity index (χ0n) is 10.4. The van der Waals surface area contributed by atoms with Crippen molar-refractivity contribution >= 4 is 0 Å². The van der Waals surface area contributed by atoms with Crippen LogP contribution in [-0.2, 0) is 10.8 Å². The fraction of sp³-hybridized carbons (Fsp3) is 0.600. The van der Waals surface area contributed by atoms with Crippen LogP contribution >= 0.6 is 0 Å². The summed E-state index contributed by atoms with van der Waals surface area (Å²) in [7, 11) is 0. The first-order valence-corrected chi connectivity index (χ1v) is 6.29. The Labute approximate surface area is 97.5 Å². The molecule has 0 atom stereocenters. The van der Waals surface area contributed by atoms with Crippen LogP contribution in [0.4, 0.5) is 0 Å². The van der Waals surface area contributed by atoms with Gasteiger partial charge in [-0.3, -0.25) is 0 Å². The lowest BCUT2D eigenvalue weighted by atomic mass is 9.87. The summed E-state index contributed by atoms with van der Waals surface area (Å²) in [4.78, 5) is 0. The highest BCUT2D eigenvalue weighted by molar-refractivity contribution is 5.50. The van der Waals surface area contributed by atoms with E-state index in [2.05, 4.69) is 26.8 Å². The van der Waals surface area contributed by atoms with E-state index in [1.54, 1.807) is 0 Å². The summed E-state index contributed by atoms with van der Waals surface area (Å²) >= 11 is 0. The Hall–Kier alpha value is -0.980. The van der Waals surface area contributed by atoms with E-state index < -0.39 is 0 Å². The van der Waals surface area contributed by atoms with Crippen LogP contribution in [0.2, 0.25) is 0 Å². The lowest BCUT2D eigenvalue weighted by Crippen LogP contribution is -2.08. The maximum atomic E-state index is 10.1. The first-order chi connectivity index (χ1) is 7.45. The summed E-state index contributed by atoms with van der Waals surface area (Å²) in [5.74, 6) is 0.505. The molecule has 0 spiro atoms. The molecule has 1 N–H and O–H groups in total. The van der Waals surface area contributed by atoms with Crippen molar-refractivity contribution in [3.63, 3.8) is 0 Å². The van der Waals surface area contributed by atoms with E-state index in [4.69, 9.17) is 0 Å². The van der Waals surface area contributed by atoms with Gasteiger partial charge >= 0.3 is 0 Å². The van der Waals surface area contributed by atoms with Gasteiger partial charge in [-0.2, -0.15) is 0 Å². The third-order valence-electron chi connectivity index (χ3n) is 4.64. The van der Waals surface area contributed by atoms with Gasteiger partial charge < -0.3 is 5.11 Å². The molecule has 0 unspecified atom stereocenters. The number of phenolic OH excluding ortho intramolecular Hbond substituents is 1. The maximum Gasteiger partial charge on any atom is 0.119 e. The summed E-state index contributed by atoms with van der Waals surface area (Å²) in [6.45, 7) is 6.72. The Morgan fingerprint density at radius 2 is 1.44 bits per heavy atom. The van der Waals surface area contributed by atoms with Crippen molar-refractivity contribution in [3.8, 4) is 5.75 Å². The topological polar surface area (TPSA) is 20.2 Å². The number of aryl methyl sites for hydroxylation is 1. The van der Waals surface area contributed by atoms with E-state index in [1.807, 2.05) is 6.07 Å². The molecule has 2 fully saturated rings. The van der Waals surface area contributed by atoms with Gasteiger partial charge in [0.1, 0.15) is 5.75 Å². The highest BCUT2D eigenvalue weighted by atomic mass is 16.3. The number of hydrogen-bond donors (Lipinski definition) is 1. The average Bonchev–Trinajstić information content (AvgIpc) is 3.08. The van der Waals surface area contributed by atoms with Crippen LogP contribution in [-0.4, -0.2) is 5.11 Å². The lowest BCUT2D eigenvalue weighted by Gasteiger charge is -2.19. The maximum absolute atomic E-state index is 10.1. The van der Waals surface area contributed by atoms with Crippen LogP contribution in [0.5, 0.6) is 5.75 Å². The molecule has 1 aromatic carbocycles. The number of benzene rings is 1. The molecule has 0 radical (unpaired) electrons. The van der Waals surface area contributed by atoms with Crippen molar-refractivity contribution in [1.29, 1.82) is 0 Å². The first-order valence-electron chi connectivity index (χ1n) is 6.29. The average molecular weight is 216 g/mol. The minimum atomic E-state index is 0.262. The number of phenols is 1. The first kappa shape index (κ1) is 10.2. The van der Waals surface area contributed by atoms with Gasteiger partial charge in [-0.05, 0) is 60.6 Å². The van der Waals surface area contributed by atoms with Crippen LogP contribution < -0.4 is 0 Å². The third-order valence-corrected chi connectivity index (χ3v) is 4.64. The third kappa shape index (κ3) is 1.37. The van der Waals surface area contributed by atoms with Crippen LogP contribution in [0, 0.1) is 6.92 Å². The van der Waals surface area contributed by atoms with Gasteiger partial charge in [-0.15, -0.1) is 0 Å². The van der Waals surface area contributed by atoms with Gasteiger partial charge in [0.25, 0.3) is 0 Å². The van der Waals surface area contributed by atoms with Gasteiger partial charge in [0.2, 0.25) is 0 Å². The molecule has 1 heteroatoms. The summed E-state index contributed by atoms with van der Waals surface area (Å²) in [6.07, 6.45) is 5.04. The molecule has 2 aliphatic rings. The van der Waals surface area contributed by atoms with Crippen molar-refractivity contribution in [1.82, 2.24) is 0 Å². The Kier molecular flexibility index (Phi) is 1.80. The van der Waals surface area contributed by atoms with Crippen LogP contribution in [0.3, 0.4) is 0 Å². The molecule has 16 heavy (non-hydrogen) atoms. The Balaban J connectivity index is 2.12. The second-order valence-electron chi connectivity index (χ2n) is 6.31. The predicted molar refractivity (Wildman–Crippen MR) is 66.0 cm³/mol. The monoisotopic (exact) mass is 216 g/mol. The highest BCUT2D eigenvalue weighted by Gasteiger charge is 2.44.